The first kappa shape index (κ1) is 24.6. The molecule has 0 radical (unpaired) electrons. The lowest BCUT2D eigenvalue weighted by Crippen LogP contribution is -2.27. The summed E-state index contributed by atoms with van der Waals surface area (Å²) in [5, 5.41) is 7.18. The molecular weight excluding hydrogens is 497 g/mol. The van der Waals surface area contributed by atoms with E-state index in [0.717, 1.165) is 36.5 Å². The number of halogens is 3. The van der Waals surface area contributed by atoms with Gasteiger partial charge in [0.1, 0.15) is 12.1 Å². The Morgan fingerprint density at radius 1 is 1.24 bits per heavy atom. The Bertz CT molecular complexity index is 1420. The summed E-state index contributed by atoms with van der Waals surface area (Å²) < 4.78 is 43.3. The Morgan fingerprint density at radius 2 is 2.08 bits per heavy atom. The molecule has 2 aliphatic carbocycles. The number of carbonyl (C=O) groups excluding carboxylic acids is 2. The van der Waals surface area contributed by atoms with E-state index in [1.807, 2.05) is 11.0 Å². The molecule has 0 spiro atoms. The first-order chi connectivity index (χ1) is 18.1. The van der Waals surface area contributed by atoms with Crippen LogP contribution in [0.15, 0.2) is 42.7 Å². The Hall–Kier alpha value is -3.73. The number of rotatable bonds is 7. The number of nitrogen functional groups attached to an aromatic ring is 1. The minimum Gasteiger partial charge on any atom is -0.384 e. The number of piperidine rings is 1. The number of nitrogens with one attached hydrogen (secondary N) is 1. The van der Waals surface area contributed by atoms with Crippen LogP contribution >= 0.6 is 0 Å². The summed E-state index contributed by atoms with van der Waals surface area (Å²) in [6.45, 7) is 1.40. The van der Waals surface area contributed by atoms with Gasteiger partial charge in [0.25, 0.3) is 5.91 Å². The number of fused-ring (bicyclic) bond motifs is 2. The number of alkyl halides is 3. The van der Waals surface area contributed by atoms with Gasteiger partial charge in [-0.05, 0) is 54.0 Å². The number of pyridine rings is 1. The van der Waals surface area contributed by atoms with Crippen LogP contribution in [0, 0.1) is 11.3 Å². The lowest BCUT2D eigenvalue weighted by Gasteiger charge is -2.22. The third-order valence-electron chi connectivity index (χ3n) is 8.01. The zero-order valence-corrected chi connectivity index (χ0v) is 20.5. The van der Waals surface area contributed by atoms with Crippen LogP contribution in [0.2, 0.25) is 0 Å². The first-order valence-electron chi connectivity index (χ1n) is 12.6. The van der Waals surface area contributed by atoms with Gasteiger partial charge < -0.3 is 15.8 Å². The van der Waals surface area contributed by atoms with E-state index in [2.05, 4.69) is 15.4 Å². The van der Waals surface area contributed by atoms with Crippen LogP contribution in [0.3, 0.4) is 0 Å². The largest absolute Gasteiger partial charge is 0.416 e. The van der Waals surface area contributed by atoms with Gasteiger partial charge in [-0.3, -0.25) is 14.4 Å². The number of nitrogens with two attached hydrogens (primary N) is 1. The third kappa shape index (κ3) is 4.55. The molecule has 198 valence electrons. The van der Waals surface area contributed by atoms with Crippen molar-refractivity contribution in [3.05, 3.63) is 76.2 Å². The summed E-state index contributed by atoms with van der Waals surface area (Å²) in [4.78, 5) is 30.4. The van der Waals surface area contributed by atoms with Crippen molar-refractivity contribution in [2.75, 3.05) is 18.8 Å². The molecule has 6 rings (SSSR count). The predicted octanol–water partition coefficient (Wildman–Crippen LogP) is 3.37. The van der Waals surface area contributed by atoms with Crippen LogP contribution in [0.25, 0.3) is 0 Å². The fraction of sp³-hybridized carbons (Fsp3) is 0.407. The van der Waals surface area contributed by atoms with Crippen molar-refractivity contribution in [3.8, 4) is 0 Å². The van der Waals surface area contributed by atoms with Crippen molar-refractivity contribution in [2.24, 2.45) is 11.3 Å². The second-order valence-corrected chi connectivity index (χ2v) is 10.7. The first-order valence-corrected chi connectivity index (χ1v) is 12.6. The summed E-state index contributed by atoms with van der Waals surface area (Å²) >= 11 is 0. The van der Waals surface area contributed by atoms with E-state index in [-0.39, 0.29) is 41.9 Å². The van der Waals surface area contributed by atoms with Crippen molar-refractivity contribution >= 4 is 18.0 Å². The molecule has 3 heterocycles. The van der Waals surface area contributed by atoms with E-state index in [4.69, 9.17) is 5.73 Å². The molecular formula is C27H27F3N6O2. The minimum atomic E-state index is -4.51. The number of aryl methyl sites for hydroxylation is 1. The minimum absolute atomic E-state index is 0.0894. The average Bonchev–Trinajstić information content (AvgIpc) is 3.22. The van der Waals surface area contributed by atoms with Gasteiger partial charge in [0.2, 0.25) is 0 Å². The van der Waals surface area contributed by atoms with Crippen LogP contribution in [0.5, 0.6) is 0 Å². The number of aldehydes is 1. The summed E-state index contributed by atoms with van der Waals surface area (Å²) in [5.74, 6) is 0.394. The van der Waals surface area contributed by atoms with E-state index in [1.165, 1.54) is 23.1 Å². The Labute approximate surface area is 217 Å². The molecule has 1 saturated carbocycles. The maximum absolute atomic E-state index is 13.9. The highest BCUT2D eigenvalue weighted by Gasteiger charge is 2.59. The lowest BCUT2D eigenvalue weighted by molar-refractivity contribution is -0.138. The standard InChI is InChI=1S/C27H27F3N6O2/c28-27(29,30)21-7-16(1-2-17(21)11-35-13-19-8-26(19,14-35)15-37)10-36-12-18(9-32-36)25(38)34-23-5-4-22-20(23)3-6-24(31)33-22/h1-3,6-7,9,12,15,19,23H,4-5,8,10-11,13-14H2,(H2,31,33)(H,34,38)/t19?,23-,26?/m1/s1. The van der Waals surface area contributed by atoms with Gasteiger partial charge in [0.15, 0.2) is 0 Å². The summed E-state index contributed by atoms with van der Waals surface area (Å²) in [7, 11) is 0. The van der Waals surface area contributed by atoms with E-state index < -0.39 is 11.7 Å². The van der Waals surface area contributed by atoms with Crippen LogP contribution in [0.1, 0.15) is 57.2 Å². The molecule has 3 atom stereocenters. The molecule has 3 aliphatic rings. The number of hydrogen-bond acceptors (Lipinski definition) is 6. The molecule has 2 fully saturated rings. The van der Waals surface area contributed by atoms with Crippen LogP contribution < -0.4 is 11.1 Å². The molecule has 3 N–H and O–H groups in total. The van der Waals surface area contributed by atoms with Crippen LogP contribution in [-0.4, -0.2) is 44.9 Å². The van der Waals surface area contributed by atoms with Crippen molar-refractivity contribution in [1.82, 2.24) is 25.0 Å². The third-order valence-corrected chi connectivity index (χ3v) is 8.01. The lowest BCUT2D eigenvalue weighted by atomic mass is 10.0. The number of amides is 1. The second kappa shape index (κ2) is 8.93. The molecule has 2 unspecified atom stereocenters. The van der Waals surface area contributed by atoms with Crippen molar-refractivity contribution < 1.29 is 22.8 Å². The van der Waals surface area contributed by atoms with E-state index in [0.29, 0.717) is 36.5 Å². The van der Waals surface area contributed by atoms with Crippen LogP contribution in [-0.2, 0) is 30.5 Å². The molecule has 38 heavy (non-hydrogen) atoms. The summed E-state index contributed by atoms with van der Waals surface area (Å²) in [6.07, 6.45) is 1.66. The normalized spacial score (nSPS) is 24.2. The Morgan fingerprint density at radius 3 is 2.84 bits per heavy atom. The fourth-order valence-electron chi connectivity index (χ4n) is 5.93. The van der Waals surface area contributed by atoms with Gasteiger partial charge in [-0.1, -0.05) is 18.2 Å². The Balaban J connectivity index is 1.13. The van der Waals surface area contributed by atoms with Crippen molar-refractivity contribution in [3.63, 3.8) is 0 Å². The molecule has 1 saturated heterocycles. The SMILES string of the molecule is Nc1ccc2c(n1)CC[C@H]2NC(=O)c1cnn(Cc2ccc(CN3CC4CC4(C=O)C3)c(C(F)(F)F)c2)c1. The zero-order valence-electron chi connectivity index (χ0n) is 20.5. The fourth-order valence-corrected chi connectivity index (χ4v) is 5.93. The molecule has 8 nitrogen and oxygen atoms in total. The number of aromatic nitrogens is 3. The number of likely N-dealkylation sites (tertiary alicyclic amines) is 1. The molecule has 11 heteroatoms. The number of nitrogens with zero attached hydrogens (tertiary/aromatic N) is 4. The van der Waals surface area contributed by atoms with E-state index in [1.54, 1.807) is 12.1 Å². The van der Waals surface area contributed by atoms with Gasteiger partial charge in [0, 0.05) is 36.9 Å². The number of anilines is 1. The molecule has 3 aromatic rings. The summed E-state index contributed by atoms with van der Waals surface area (Å²) in [6, 6.07) is 7.71. The Kier molecular flexibility index (Phi) is 5.78. The number of carbonyl (C=O) groups is 2. The van der Waals surface area contributed by atoms with E-state index in [9.17, 15) is 22.8 Å². The van der Waals surface area contributed by atoms with Gasteiger partial charge in [-0.15, -0.1) is 0 Å². The smallest absolute Gasteiger partial charge is 0.384 e. The second-order valence-electron chi connectivity index (χ2n) is 10.7. The highest BCUT2D eigenvalue weighted by Crippen LogP contribution is 2.56. The molecule has 1 aliphatic heterocycles. The zero-order chi connectivity index (χ0) is 26.7. The number of hydrogen-bond donors (Lipinski definition) is 2. The van der Waals surface area contributed by atoms with Gasteiger partial charge in [-0.25, -0.2) is 4.98 Å². The quantitative estimate of drug-likeness (QED) is 0.459. The van der Waals surface area contributed by atoms with Crippen LogP contribution in [0.4, 0.5) is 19.0 Å². The van der Waals surface area contributed by atoms with Gasteiger partial charge in [0.05, 0.1) is 29.9 Å². The number of benzene rings is 1. The highest BCUT2D eigenvalue weighted by molar-refractivity contribution is 5.94. The topological polar surface area (TPSA) is 106 Å². The van der Waals surface area contributed by atoms with Gasteiger partial charge in [-0.2, -0.15) is 18.3 Å². The molecule has 2 aromatic heterocycles. The average molecular weight is 525 g/mol. The molecule has 0 bridgehead atoms. The van der Waals surface area contributed by atoms with Gasteiger partial charge >= 0.3 is 6.18 Å². The molecule has 1 amide bonds. The summed E-state index contributed by atoms with van der Waals surface area (Å²) in [5.41, 5.74) is 7.46. The maximum Gasteiger partial charge on any atom is 0.416 e. The monoisotopic (exact) mass is 524 g/mol. The van der Waals surface area contributed by atoms with E-state index >= 15 is 0 Å². The molecule has 1 aromatic carbocycles. The maximum atomic E-state index is 13.9. The van der Waals surface area contributed by atoms with Crippen molar-refractivity contribution in [2.45, 2.75) is 44.6 Å². The predicted molar refractivity (Wildman–Crippen MR) is 132 cm³/mol. The van der Waals surface area contributed by atoms with Crippen molar-refractivity contribution in [1.29, 1.82) is 0 Å². The highest BCUT2D eigenvalue weighted by atomic mass is 19.4.